The van der Waals surface area contributed by atoms with Crippen LogP contribution in [-0.4, -0.2) is 47.5 Å². The Hall–Kier alpha value is -1.26. The summed E-state index contributed by atoms with van der Waals surface area (Å²) >= 11 is 0. The average molecular weight is 278 g/mol. The molecule has 1 fully saturated rings. The van der Waals surface area contributed by atoms with Gasteiger partial charge in [0.1, 0.15) is 5.75 Å². The van der Waals surface area contributed by atoms with Crippen molar-refractivity contribution < 1.29 is 9.47 Å². The molecule has 0 bridgehead atoms. The van der Waals surface area contributed by atoms with Crippen LogP contribution in [0.2, 0.25) is 0 Å². The van der Waals surface area contributed by atoms with Crippen LogP contribution >= 0.6 is 0 Å². The molecule has 2 rings (SSSR count). The van der Waals surface area contributed by atoms with Crippen molar-refractivity contribution in [2.45, 2.75) is 12.8 Å². The quantitative estimate of drug-likeness (QED) is 0.864. The van der Waals surface area contributed by atoms with E-state index in [0.717, 1.165) is 44.9 Å². The van der Waals surface area contributed by atoms with E-state index in [1.165, 1.54) is 5.69 Å². The maximum Gasteiger partial charge on any atom is 0.119 e. The minimum atomic E-state index is 0.307. The smallest absolute Gasteiger partial charge is 0.119 e. The zero-order chi connectivity index (χ0) is 14.4. The van der Waals surface area contributed by atoms with Crippen LogP contribution in [0.4, 0.5) is 5.69 Å². The van der Waals surface area contributed by atoms with Crippen molar-refractivity contribution in [2.24, 2.45) is 5.41 Å². The second-order valence-corrected chi connectivity index (χ2v) is 5.70. The summed E-state index contributed by atoms with van der Waals surface area (Å²) in [7, 11) is 5.89. The summed E-state index contributed by atoms with van der Waals surface area (Å²) in [4.78, 5) is 2.34. The molecule has 0 saturated carbocycles. The Morgan fingerprint density at radius 2 is 1.90 bits per heavy atom. The minimum absolute atomic E-state index is 0.307. The van der Waals surface area contributed by atoms with Gasteiger partial charge in [0.25, 0.3) is 0 Å². The predicted molar refractivity (Wildman–Crippen MR) is 82.7 cm³/mol. The Bertz CT molecular complexity index is 394. The van der Waals surface area contributed by atoms with Gasteiger partial charge in [0.2, 0.25) is 0 Å². The molecule has 1 N–H and O–H groups in total. The largest absolute Gasteiger partial charge is 0.497 e. The van der Waals surface area contributed by atoms with Crippen molar-refractivity contribution in [1.29, 1.82) is 0 Å². The highest BCUT2D eigenvalue weighted by Gasteiger charge is 2.33. The first kappa shape index (κ1) is 15.1. The molecule has 4 nitrogen and oxygen atoms in total. The van der Waals surface area contributed by atoms with E-state index in [2.05, 4.69) is 29.4 Å². The Morgan fingerprint density at radius 1 is 1.25 bits per heavy atom. The van der Waals surface area contributed by atoms with Crippen LogP contribution in [0.15, 0.2) is 24.3 Å². The highest BCUT2D eigenvalue weighted by Crippen LogP contribution is 2.32. The molecular weight excluding hydrogens is 252 g/mol. The fraction of sp³-hybridized carbons (Fsp3) is 0.625. The highest BCUT2D eigenvalue weighted by atomic mass is 16.5. The first-order valence-corrected chi connectivity index (χ1v) is 7.27. The molecule has 1 aromatic carbocycles. The van der Waals surface area contributed by atoms with E-state index >= 15 is 0 Å². The molecule has 0 atom stereocenters. The van der Waals surface area contributed by atoms with Gasteiger partial charge in [-0.2, -0.15) is 0 Å². The van der Waals surface area contributed by atoms with E-state index in [9.17, 15) is 0 Å². The maximum atomic E-state index is 5.53. The number of benzene rings is 1. The van der Waals surface area contributed by atoms with E-state index in [0.29, 0.717) is 5.41 Å². The van der Waals surface area contributed by atoms with E-state index in [1.54, 1.807) is 7.11 Å². The Morgan fingerprint density at radius 3 is 2.45 bits per heavy atom. The van der Waals surface area contributed by atoms with Crippen molar-refractivity contribution in [3.63, 3.8) is 0 Å². The molecule has 1 aromatic rings. The molecule has 112 valence electrons. The predicted octanol–water partition coefficient (Wildman–Crippen LogP) is 2.15. The fourth-order valence-corrected chi connectivity index (χ4v) is 3.00. The van der Waals surface area contributed by atoms with Gasteiger partial charge in [-0.1, -0.05) is 0 Å². The number of hydrogen-bond acceptors (Lipinski definition) is 4. The lowest BCUT2D eigenvalue weighted by Crippen LogP contribution is -2.46. The van der Waals surface area contributed by atoms with Crippen molar-refractivity contribution in [1.82, 2.24) is 5.32 Å². The SMILES string of the molecule is CNCC1(CN(C)c2ccc(OC)cc2)CCOCC1. The molecule has 1 saturated heterocycles. The van der Waals surface area contributed by atoms with Crippen molar-refractivity contribution in [3.05, 3.63) is 24.3 Å². The number of hydrogen-bond donors (Lipinski definition) is 1. The molecule has 1 aliphatic heterocycles. The number of anilines is 1. The zero-order valence-electron chi connectivity index (χ0n) is 12.8. The molecule has 0 radical (unpaired) electrons. The first-order chi connectivity index (χ1) is 9.69. The van der Waals surface area contributed by atoms with Crippen molar-refractivity contribution in [2.75, 3.05) is 52.4 Å². The molecule has 0 spiro atoms. The van der Waals surface area contributed by atoms with Crippen LogP contribution in [-0.2, 0) is 4.74 Å². The van der Waals surface area contributed by atoms with Crippen LogP contribution in [0.5, 0.6) is 5.75 Å². The monoisotopic (exact) mass is 278 g/mol. The topological polar surface area (TPSA) is 33.7 Å². The summed E-state index contributed by atoms with van der Waals surface area (Å²) < 4.78 is 10.7. The second kappa shape index (κ2) is 6.95. The minimum Gasteiger partial charge on any atom is -0.497 e. The fourth-order valence-electron chi connectivity index (χ4n) is 3.00. The standard InChI is InChI=1S/C16H26N2O2/c1-17-12-16(8-10-20-11-9-16)13-18(2)14-4-6-15(19-3)7-5-14/h4-7,17H,8-13H2,1-3H3. The van der Waals surface area contributed by atoms with Crippen LogP contribution < -0.4 is 15.0 Å². The number of rotatable bonds is 6. The third kappa shape index (κ3) is 3.64. The lowest BCUT2D eigenvalue weighted by Gasteiger charge is -2.40. The van der Waals surface area contributed by atoms with Gasteiger partial charge in [0, 0.05) is 44.5 Å². The molecule has 4 heteroatoms. The van der Waals surface area contributed by atoms with E-state index in [4.69, 9.17) is 9.47 Å². The van der Waals surface area contributed by atoms with Gasteiger partial charge in [0.05, 0.1) is 7.11 Å². The van der Waals surface area contributed by atoms with Gasteiger partial charge >= 0.3 is 0 Å². The number of nitrogens with one attached hydrogen (secondary N) is 1. The van der Waals surface area contributed by atoms with Gasteiger partial charge < -0.3 is 19.7 Å². The molecule has 1 aliphatic rings. The summed E-state index contributed by atoms with van der Waals surface area (Å²) in [6.07, 6.45) is 2.24. The van der Waals surface area contributed by atoms with Crippen LogP contribution in [0.25, 0.3) is 0 Å². The molecule has 0 aromatic heterocycles. The van der Waals surface area contributed by atoms with Crippen LogP contribution in [0, 0.1) is 5.41 Å². The number of ether oxygens (including phenoxy) is 2. The second-order valence-electron chi connectivity index (χ2n) is 5.70. The van der Waals surface area contributed by atoms with Gasteiger partial charge in [-0.05, 0) is 44.2 Å². The third-order valence-corrected chi connectivity index (χ3v) is 4.19. The van der Waals surface area contributed by atoms with Crippen molar-refractivity contribution in [3.8, 4) is 5.75 Å². The normalized spacial score (nSPS) is 17.8. The summed E-state index contributed by atoms with van der Waals surface area (Å²) in [5, 5.41) is 3.35. The Balaban J connectivity index is 2.04. The Kier molecular flexibility index (Phi) is 5.26. The maximum absolute atomic E-state index is 5.53. The number of methoxy groups -OCH3 is 1. The average Bonchev–Trinajstić information content (AvgIpc) is 2.48. The van der Waals surface area contributed by atoms with Crippen LogP contribution in [0.1, 0.15) is 12.8 Å². The summed E-state index contributed by atoms with van der Waals surface area (Å²) in [6, 6.07) is 8.26. The third-order valence-electron chi connectivity index (χ3n) is 4.19. The molecular formula is C16H26N2O2. The zero-order valence-corrected chi connectivity index (χ0v) is 12.8. The highest BCUT2D eigenvalue weighted by molar-refractivity contribution is 5.48. The van der Waals surface area contributed by atoms with E-state index in [-0.39, 0.29) is 0 Å². The summed E-state index contributed by atoms with van der Waals surface area (Å²) in [5.74, 6) is 0.901. The molecule has 1 heterocycles. The molecule has 20 heavy (non-hydrogen) atoms. The van der Waals surface area contributed by atoms with Gasteiger partial charge in [0.15, 0.2) is 0 Å². The lowest BCUT2D eigenvalue weighted by molar-refractivity contribution is 0.0197. The summed E-state index contributed by atoms with van der Waals surface area (Å²) in [6.45, 7) is 3.83. The lowest BCUT2D eigenvalue weighted by atomic mass is 9.79. The molecule has 0 aliphatic carbocycles. The van der Waals surface area contributed by atoms with Gasteiger partial charge in [-0.25, -0.2) is 0 Å². The number of nitrogens with zero attached hydrogens (tertiary/aromatic N) is 1. The first-order valence-electron chi connectivity index (χ1n) is 7.27. The van der Waals surface area contributed by atoms with E-state index in [1.807, 2.05) is 19.2 Å². The van der Waals surface area contributed by atoms with Gasteiger partial charge in [-0.3, -0.25) is 0 Å². The van der Waals surface area contributed by atoms with Crippen LogP contribution in [0.3, 0.4) is 0 Å². The van der Waals surface area contributed by atoms with Crippen molar-refractivity contribution >= 4 is 5.69 Å². The molecule has 0 unspecified atom stereocenters. The van der Waals surface area contributed by atoms with E-state index < -0.39 is 0 Å². The Labute approximate surface area is 122 Å². The molecule has 0 amide bonds. The van der Waals surface area contributed by atoms with Gasteiger partial charge in [-0.15, -0.1) is 0 Å². The summed E-state index contributed by atoms with van der Waals surface area (Å²) in [5.41, 5.74) is 1.54.